The molecule has 1 heterocycles. The topological polar surface area (TPSA) is 50.3 Å². The van der Waals surface area contributed by atoms with Gasteiger partial charge in [0.2, 0.25) is 5.95 Å². The first-order valence-electron chi connectivity index (χ1n) is 7.04. The van der Waals surface area contributed by atoms with Crippen molar-refractivity contribution in [3.8, 4) is 0 Å². The van der Waals surface area contributed by atoms with Gasteiger partial charge in [-0.25, -0.2) is 4.98 Å². The molecule has 0 unspecified atom stereocenters. The molecule has 0 radical (unpaired) electrons. The van der Waals surface area contributed by atoms with Crippen LogP contribution in [0, 0.1) is 0 Å². The Morgan fingerprint density at radius 1 is 1.15 bits per heavy atom. The smallest absolute Gasteiger partial charge is 0.225 e. The molecular weight excluding hydrogens is 252 g/mol. The van der Waals surface area contributed by atoms with Crippen molar-refractivity contribution in [2.24, 2.45) is 0 Å². The monoisotopic (exact) mass is 274 g/mol. The summed E-state index contributed by atoms with van der Waals surface area (Å²) in [5, 5.41) is 4.30. The number of methoxy groups -OCH3 is 1. The van der Waals surface area contributed by atoms with Crippen molar-refractivity contribution in [2.75, 3.05) is 43.6 Å². The minimum atomic E-state index is 0.636. The van der Waals surface area contributed by atoms with Crippen LogP contribution in [-0.4, -0.2) is 43.3 Å². The largest absolute Gasteiger partial charge is 0.383 e. The lowest BCUT2D eigenvalue weighted by molar-refractivity contribution is 0.210. The normalized spacial score (nSPS) is 10.8. The molecule has 0 saturated heterocycles. The molecule has 1 aromatic heterocycles. The fourth-order valence-corrected chi connectivity index (χ4v) is 2.17. The van der Waals surface area contributed by atoms with Crippen molar-refractivity contribution in [2.45, 2.75) is 13.8 Å². The second kappa shape index (κ2) is 7.05. The molecule has 20 heavy (non-hydrogen) atoms. The molecule has 0 bridgehead atoms. The molecule has 0 aliphatic heterocycles. The number of ether oxygens (including phenoxy) is 1. The molecule has 108 valence electrons. The van der Waals surface area contributed by atoms with Gasteiger partial charge in [-0.1, -0.05) is 12.1 Å². The lowest BCUT2D eigenvalue weighted by atomic mass is 10.2. The van der Waals surface area contributed by atoms with Crippen molar-refractivity contribution in [1.82, 2.24) is 9.97 Å². The Morgan fingerprint density at radius 2 is 1.90 bits per heavy atom. The maximum Gasteiger partial charge on any atom is 0.225 e. The first-order chi connectivity index (χ1) is 9.80. The van der Waals surface area contributed by atoms with Gasteiger partial charge in [0.15, 0.2) is 0 Å². The highest BCUT2D eigenvalue weighted by Crippen LogP contribution is 2.24. The van der Waals surface area contributed by atoms with Gasteiger partial charge in [-0.2, -0.15) is 4.98 Å². The second-order valence-corrected chi connectivity index (χ2v) is 4.48. The lowest BCUT2D eigenvalue weighted by Gasteiger charge is -2.22. The first kappa shape index (κ1) is 14.5. The number of hydrogen-bond acceptors (Lipinski definition) is 5. The molecule has 0 atom stereocenters. The Labute approximate surface area is 120 Å². The fourth-order valence-electron chi connectivity index (χ4n) is 2.17. The van der Waals surface area contributed by atoms with Gasteiger partial charge in [-0.3, -0.25) is 0 Å². The molecule has 2 aromatic rings. The van der Waals surface area contributed by atoms with Crippen LogP contribution in [-0.2, 0) is 4.74 Å². The molecule has 1 N–H and O–H groups in total. The number of benzene rings is 1. The predicted octanol–water partition coefficient (Wildman–Crippen LogP) is 2.53. The Morgan fingerprint density at radius 3 is 2.60 bits per heavy atom. The van der Waals surface area contributed by atoms with Crippen molar-refractivity contribution >= 4 is 22.7 Å². The van der Waals surface area contributed by atoms with Crippen LogP contribution in [0.25, 0.3) is 10.9 Å². The van der Waals surface area contributed by atoms with E-state index in [1.165, 1.54) is 0 Å². The molecule has 0 aliphatic carbocycles. The van der Waals surface area contributed by atoms with Crippen LogP contribution in [0.5, 0.6) is 0 Å². The average molecular weight is 274 g/mol. The molecule has 0 fully saturated rings. The van der Waals surface area contributed by atoms with Crippen LogP contribution in [0.2, 0.25) is 0 Å². The zero-order chi connectivity index (χ0) is 14.4. The summed E-state index contributed by atoms with van der Waals surface area (Å²) in [6, 6.07) is 8.12. The van der Waals surface area contributed by atoms with Crippen LogP contribution < -0.4 is 10.2 Å². The van der Waals surface area contributed by atoms with Gasteiger partial charge in [0.1, 0.15) is 5.82 Å². The van der Waals surface area contributed by atoms with Gasteiger partial charge >= 0.3 is 0 Å². The predicted molar refractivity (Wildman–Crippen MR) is 83.5 cm³/mol. The summed E-state index contributed by atoms with van der Waals surface area (Å²) >= 11 is 0. The van der Waals surface area contributed by atoms with Gasteiger partial charge in [0.25, 0.3) is 0 Å². The van der Waals surface area contributed by atoms with Gasteiger partial charge in [0, 0.05) is 32.1 Å². The highest BCUT2D eigenvalue weighted by atomic mass is 16.5. The number of nitrogens with one attached hydrogen (secondary N) is 1. The quantitative estimate of drug-likeness (QED) is 0.786. The van der Waals surface area contributed by atoms with E-state index >= 15 is 0 Å². The van der Waals surface area contributed by atoms with Crippen LogP contribution in [0.15, 0.2) is 24.3 Å². The Hall–Kier alpha value is -1.88. The summed E-state index contributed by atoms with van der Waals surface area (Å²) < 4.78 is 5.04. The van der Waals surface area contributed by atoms with Crippen LogP contribution >= 0.6 is 0 Å². The molecule has 0 saturated carbocycles. The third-order valence-corrected chi connectivity index (χ3v) is 3.24. The molecule has 0 aliphatic rings. The van der Waals surface area contributed by atoms with E-state index < -0.39 is 0 Å². The van der Waals surface area contributed by atoms with E-state index in [4.69, 9.17) is 4.74 Å². The molecule has 5 nitrogen and oxygen atoms in total. The highest BCUT2D eigenvalue weighted by Gasteiger charge is 2.11. The summed E-state index contributed by atoms with van der Waals surface area (Å²) in [5.74, 6) is 1.64. The van der Waals surface area contributed by atoms with Crippen molar-refractivity contribution in [1.29, 1.82) is 0 Å². The maximum absolute atomic E-state index is 5.04. The number of para-hydroxylation sites is 1. The van der Waals surface area contributed by atoms with Crippen LogP contribution in [0.3, 0.4) is 0 Å². The Kier molecular flexibility index (Phi) is 5.12. The zero-order valence-electron chi connectivity index (χ0n) is 12.4. The minimum Gasteiger partial charge on any atom is -0.383 e. The van der Waals surface area contributed by atoms with Crippen molar-refractivity contribution in [3.05, 3.63) is 24.3 Å². The van der Waals surface area contributed by atoms with E-state index in [1.54, 1.807) is 7.11 Å². The highest BCUT2D eigenvalue weighted by molar-refractivity contribution is 5.90. The Bertz CT molecular complexity index is 555. The number of anilines is 2. The summed E-state index contributed by atoms with van der Waals surface area (Å²) in [6.45, 7) is 7.46. The maximum atomic E-state index is 5.04. The summed E-state index contributed by atoms with van der Waals surface area (Å²) in [4.78, 5) is 11.5. The zero-order valence-corrected chi connectivity index (χ0v) is 12.4. The molecule has 5 heteroatoms. The minimum absolute atomic E-state index is 0.636. The van der Waals surface area contributed by atoms with Gasteiger partial charge < -0.3 is 15.0 Å². The third-order valence-electron chi connectivity index (χ3n) is 3.24. The average Bonchev–Trinajstić information content (AvgIpc) is 2.49. The molecule has 0 amide bonds. The summed E-state index contributed by atoms with van der Waals surface area (Å²) in [5.41, 5.74) is 0.962. The summed E-state index contributed by atoms with van der Waals surface area (Å²) in [7, 11) is 1.68. The van der Waals surface area contributed by atoms with E-state index in [2.05, 4.69) is 40.1 Å². The number of hydrogen-bond donors (Lipinski definition) is 1. The molecule has 1 aromatic carbocycles. The molecule has 2 rings (SSSR count). The van der Waals surface area contributed by atoms with Gasteiger partial charge in [0.05, 0.1) is 12.1 Å². The van der Waals surface area contributed by atoms with E-state index in [0.717, 1.165) is 29.8 Å². The van der Waals surface area contributed by atoms with E-state index in [1.807, 2.05) is 18.2 Å². The molecular formula is C15H22N4O. The van der Waals surface area contributed by atoms with Crippen molar-refractivity contribution < 1.29 is 4.74 Å². The number of rotatable bonds is 7. The van der Waals surface area contributed by atoms with Crippen LogP contribution in [0.4, 0.5) is 11.8 Å². The van der Waals surface area contributed by atoms with E-state index in [-0.39, 0.29) is 0 Å². The van der Waals surface area contributed by atoms with E-state index in [0.29, 0.717) is 19.1 Å². The third kappa shape index (κ3) is 3.17. The summed E-state index contributed by atoms with van der Waals surface area (Å²) in [6.07, 6.45) is 0. The van der Waals surface area contributed by atoms with E-state index in [9.17, 15) is 0 Å². The molecule has 0 spiro atoms. The SMILES string of the molecule is CCN(CC)c1nc(NCCOC)nc2ccccc12. The number of aromatic nitrogens is 2. The number of fused-ring (bicyclic) bond motifs is 1. The van der Waals surface area contributed by atoms with Crippen molar-refractivity contribution in [3.63, 3.8) is 0 Å². The standard InChI is InChI=1S/C15H22N4O/c1-4-19(5-2)14-12-8-6-7-9-13(12)17-15(18-14)16-10-11-20-3/h6-9H,4-5,10-11H2,1-3H3,(H,16,17,18). The van der Waals surface area contributed by atoms with Gasteiger partial charge in [-0.15, -0.1) is 0 Å². The lowest BCUT2D eigenvalue weighted by Crippen LogP contribution is -2.24. The number of nitrogens with zero attached hydrogens (tertiary/aromatic N) is 3. The fraction of sp³-hybridized carbons (Fsp3) is 0.467. The van der Waals surface area contributed by atoms with Crippen LogP contribution in [0.1, 0.15) is 13.8 Å². The first-order valence-corrected chi connectivity index (χ1v) is 7.04. The Balaban J connectivity index is 2.41. The van der Waals surface area contributed by atoms with Gasteiger partial charge in [-0.05, 0) is 26.0 Å². The second-order valence-electron chi connectivity index (χ2n) is 4.48.